The molecule has 2 amide bonds. The maximum absolute atomic E-state index is 13.9. The van der Waals surface area contributed by atoms with Gasteiger partial charge in [0.15, 0.2) is 0 Å². The molecule has 0 bridgehead atoms. The molecule has 3 rings (SSSR count). The number of carbonyl (C=O) groups is 2. The van der Waals surface area contributed by atoms with Crippen molar-refractivity contribution in [2.45, 2.75) is 51.1 Å². The molecule has 9 heteroatoms. The van der Waals surface area contributed by atoms with E-state index in [4.69, 9.17) is 11.6 Å². The van der Waals surface area contributed by atoms with E-state index in [0.29, 0.717) is 23.7 Å². The summed E-state index contributed by atoms with van der Waals surface area (Å²) < 4.78 is 28.9. The molecule has 0 heterocycles. The number of carbonyl (C=O) groups excluding carboxylic acids is 2. The molecular formula is C29H34ClN3O4S. The van der Waals surface area contributed by atoms with E-state index in [-0.39, 0.29) is 17.3 Å². The minimum atomic E-state index is -4.09. The summed E-state index contributed by atoms with van der Waals surface area (Å²) in [6.07, 6.45) is 1.32. The Hall–Kier alpha value is -3.36. The quantitative estimate of drug-likeness (QED) is 0.339. The van der Waals surface area contributed by atoms with E-state index in [1.54, 1.807) is 55.5 Å². The van der Waals surface area contributed by atoms with Crippen LogP contribution >= 0.6 is 11.6 Å². The summed E-state index contributed by atoms with van der Waals surface area (Å²) in [5.41, 5.74) is 1.94. The lowest BCUT2D eigenvalue weighted by Gasteiger charge is -2.32. The largest absolute Gasteiger partial charge is 0.354 e. The Morgan fingerprint density at radius 3 is 2.29 bits per heavy atom. The van der Waals surface area contributed by atoms with Crippen molar-refractivity contribution in [3.05, 3.63) is 95.0 Å². The topological polar surface area (TPSA) is 86.8 Å². The molecule has 0 fully saturated rings. The number of halogens is 1. The molecule has 0 aliphatic heterocycles. The minimum absolute atomic E-state index is 0.0776. The molecule has 7 nitrogen and oxygen atoms in total. The van der Waals surface area contributed by atoms with Gasteiger partial charge in [-0.05, 0) is 61.2 Å². The van der Waals surface area contributed by atoms with Gasteiger partial charge in [-0.1, -0.05) is 74.0 Å². The molecule has 0 saturated heterocycles. The predicted molar refractivity (Wildman–Crippen MR) is 152 cm³/mol. The zero-order valence-electron chi connectivity index (χ0n) is 21.9. The first-order chi connectivity index (χ1) is 18.2. The number of rotatable bonds is 12. The van der Waals surface area contributed by atoms with Crippen molar-refractivity contribution in [3.8, 4) is 0 Å². The molecule has 0 aliphatic rings. The molecule has 1 N–H and O–H groups in total. The highest BCUT2D eigenvalue weighted by Gasteiger charge is 2.33. The van der Waals surface area contributed by atoms with Crippen molar-refractivity contribution in [2.75, 3.05) is 17.4 Å². The van der Waals surface area contributed by atoms with Crippen LogP contribution in [0.3, 0.4) is 0 Å². The lowest BCUT2D eigenvalue weighted by Crippen LogP contribution is -2.51. The van der Waals surface area contributed by atoms with Crippen LogP contribution in [0.5, 0.6) is 0 Å². The average Bonchev–Trinajstić information content (AvgIpc) is 2.93. The standard InChI is InChI=1S/C29H34ClN3O4S/c1-4-18-31-29(35)22(3)32(20-23-12-11-14-25(30)19-23)28(34)21-33(27-17-10-9-13-24(27)5-2)38(36,37)26-15-7-6-8-16-26/h6-17,19,22H,4-5,18,20-21H2,1-3H3,(H,31,35). The molecule has 38 heavy (non-hydrogen) atoms. The molecule has 3 aromatic carbocycles. The van der Waals surface area contributed by atoms with Crippen molar-refractivity contribution < 1.29 is 18.0 Å². The fraction of sp³-hybridized carbons (Fsp3) is 0.310. The second-order valence-corrected chi connectivity index (χ2v) is 11.2. The molecule has 0 aliphatic carbocycles. The summed E-state index contributed by atoms with van der Waals surface area (Å²) in [5.74, 6) is -0.816. The van der Waals surface area contributed by atoms with Gasteiger partial charge in [0.2, 0.25) is 11.8 Å². The van der Waals surface area contributed by atoms with E-state index in [2.05, 4.69) is 5.32 Å². The smallest absolute Gasteiger partial charge is 0.264 e. The number of hydrogen-bond donors (Lipinski definition) is 1. The van der Waals surface area contributed by atoms with E-state index < -0.39 is 28.5 Å². The third kappa shape index (κ3) is 7.14. The Labute approximate surface area is 230 Å². The Bertz CT molecular complexity index is 1350. The summed E-state index contributed by atoms with van der Waals surface area (Å²) in [6.45, 7) is 5.61. The summed E-state index contributed by atoms with van der Waals surface area (Å²) in [4.78, 5) is 28.3. The fourth-order valence-electron chi connectivity index (χ4n) is 4.10. The Morgan fingerprint density at radius 1 is 0.947 bits per heavy atom. The van der Waals surface area contributed by atoms with Crippen LogP contribution in [0.15, 0.2) is 83.8 Å². The number of nitrogens with one attached hydrogen (secondary N) is 1. The second kappa shape index (κ2) is 13.4. The van der Waals surface area contributed by atoms with Gasteiger partial charge in [0.1, 0.15) is 12.6 Å². The van der Waals surface area contributed by atoms with Gasteiger partial charge in [-0.25, -0.2) is 8.42 Å². The third-order valence-electron chi connectivity index (χ3n) is 6.21. The van der Waals surface area contributed by atoms with Gasteiger partial charge < -0.3 is 10.2 Å². The maximum Gasteiger partial charge on any atom is 0.264 e. The normalized spacial score (nSPS) is 12.0. The van der Waals surface area contributed by atoms with E-state index in [0.717, 1.165) is 21.9 Å². The number of hydrogen-bond acceptors (Lipinski definition) is 4. The zero-order chi connectivity index (χ0) is 27.7. The highest BCUT2D eigenvalue weighted by Crippen LogP contribution is 2.28. The van der Waals surface area contributed by atoms with E-state index in [1.165, 1.54) is 17.0 Å². The first-order valence-electron chi connectivity index (χ1n) is 12.7. The highest BCUT2D eigenvalue weighted by molar-refractivity contribution is 7.92. The summed E-state index contributed by atoms with van der Waals surface area (Å²) >= 11 is 6.17. The fourth-order valence-corrected chi connectivity index (χ4v) is 5.78. The number of aryl methyl sites for hydroxylation is 1. The average molecular weight is 556 g/mol. The van der Waals surface area contributed by atoms with Crippen LogP contribution in [0, 0.1) is 0 Å². The summed E-state index contributed by atoms with van der Waals surface area (Å²) in [5, 5.41) is 3.34. The molecule has 1 atom stereocenters. The van der Waals surface area contributed by atoms with Gasteiger partial charge in [-0.3, -0.25) is 13.9 Å². The lowest BCUT2D eigenvalue weighted by atomic mass is 10.1. The van der Waals surface area contributed by atoms with Crippen LogP contribution < -0.4 is 9.62 Å². The van der Waals surface area contributed by atoms with Gasteiger partial charge in [-0.15, -0.1) is 0 Å². The molecule has 0 radical (unpaired) electrons. The molecule has 0 saturated carbocycles. The third-order valence-corrected chi connectivity index (χ3v) is 8.22. The predicted octanol–water partition coefficient (Wildman–Crippen LogP) is 5.04. The zero-order valence-corrected chi connectivity index (χ0v) is 23.5. The highest BCUT2D eigenvalue weighted by atomic mass is 35.5. The maximum atomic E-state index is 13.9. The van der Waals surface area contributed by atoms with Gasteiger partial charge in [0.05, 0.1) is 10.6 Å². The van der Waals surface area contributed by atoms with E-state index in [9.17, 15) is 18.0 Å². The van der Waals surface area contributed by atoms with E-state index in [1.807, 2.05) is 32.0 Å². The number of sulfonamides is 1. The van der Waals surface area contributed by atoms with Crippen LogP contribution in [0.2, 0.25) is 5.02 Å². The van der Waals surface area contributed by atoms with Crippen LogP contribution in [0.4, 0.5) is 5.69 Å². The number of anilines is 1. The van der Waals surface area contributed by atoms with Crippen molar-refractivity contribution in [2.24, 2.45) is 0 Å². The molecule has 0 aromatic heterocycles. The van der Waals surface area contributed by atoms with E-state index >= 15 is 0 Å². The van der Waals surface area contributed by atoms with Crippen LogP contribution in [0.25, 0.3) is 0 Å². The van der Waals surface area contributed by atoms with Crippen LogP contribution in [0.1, 0.15) is 38.3 Å². The molecule has 202 valence electrons. The monoisotopic (exact) mass is 555 g/mol. The SMILES string of the molecule is CCCNC(=O)C(C)N(Cc1cccc(Cl)c1)C(=O)CN(c1ccccc1CC)S(=O)(=O)c1ccccc1. The summed E-state index contributed by atoms with van der Waals surface area (Å²) in [7, 11) is -4.09. The summed E-state index contributed by atoms with van der Waals surface area (Å²) in [6, 6.07) is 21.4. The van der Waals surface area contributed by atoms with Crippen molar-refractivity contribution >= 4 is 39.1 Å². The number of para-hydroxylation sites is 1. The van der Waals surface area contributed by atoms with Crippen molar-refractivity contribution in [1.29, 1.82) is 0 Å². The number of benzene rings is 3. The van der Waals surface area contributed by atoms with Gasteiger partial charge in [0, 0.05) is 18.1 Å². The first kappa shape index (κ1) is 29.2. The number of amides is 2. The molecule has 0 spiro atoms. The Kier molecular flexibility index (Phi) is 10.3. The van der Waals surface area contributed by atoms with Gasteiger partial charge >= 0.3 is 0 Å². The van der Waals surface area contributed by atoms with Crippen LogP contribution in [-0.2, 0) is 32.6 Å². The first-order valence-corrected chi connectivity index (χ1v) is 14.5. The van der Waals surface area contributed by atoms with Gasteiger partial charge in [-0.2, -0.15) is 0 Å². The second-order valence-electron chi connectivity index (χ2n) is 8.93. The van der Waals surface area contributed by atoms with Crippen molar-refractivity contribution in [1.82, 2.24) is 10.2 Å². The number of nitrogens with zero attached hydrogens (tertiary/aromatic N) is 2. The lowest BCUT2D eigenvalue weighted by molar-refractivity contribution is -0.139. The molecular weight excluding hydrogens is 522 g/mol. The van der Waals surface area contributed by atoms with Crippen LogP contribution in [-0.4, -0.2) is 44.3 Å². The minimum Gasteiger partial charge on any atom is -0.354 e. The Morgan fingerprint density at radius 2 is 1.63 bits per heavy atom. The van der Waals surface area contributed by atoms with Gasteiger partial charge in [0.25, 0.3) is 10.0 Å². The molecule has 1 unspecified atom stereocenters. The molecule has 3 aromatic rings. The Balaban J connectivity index is 2.04. The van der Waals surface area contributed by atoms with Crippen molar-refractivity contribution in [3.63, 3.8) is 0 Å².